The Morgan fingerprint density at radius 2 is 1.78 bits per heavy atom. The molecule has 0 spiro atoms. The molecule has 23 heavy (non-hydrogen) atoms. The van der Waals surface area contributed by atoms with Crippen molar-refractivity contribution in [2.24, 2.45) is 0 Å². The fraction of sp³-hybridized carbons (Fsp3) is 0.278. The first-order valence-corrected chi connectivity index (χ1v) is 7.65. The van der Waals surface area contributed by atoms with E-state index in [1.165, 1.54) is 24.3 Å². The summed E-state index contributed by atoms with van der Waals surface area (Å²) in [5.41, 5.74) is 1.15. The average Bonchev–Trinajstić information content (AvgIpc) is 3.36. The Labute approximate surface area is 133 Å². The van der Waals surface area contributed by atoms with Gasteiger partial charge in [-0.2, -0.15) is 0 Å². The topological polar surface area (TPSA) is 32.3 Å². The summed E-state index contributed by atoms with van der Waals surface area (Å²) in [5, 5.41) is 2.60. The number of nitrogens with one attached hydrogen (secondary N) is 1. The predicted molar refractivity (Wildman–Crippen MR) is 84.9 cm³/mol. The van der Waals surface area contributed by atoms with E-state index in [-0.39, 0.29) is 24.0 Å². The van der Waals surface area contributed by atoms with Crippen LogP contribution in [0.25, 0.3) is 0 Å². The number of halogens is 2. The van der Waals surface area contributed by atoms with E-state index < -0.39 is 5.82 Å². The number of anilines is 1. The van der Waals surface area contributed by atoms with Crippen molar-refractivity contribution in [1.82, 2.24) is 4.90 Å². The highest BCUT2D eigenvalue weighted by molar-refractivity contribution is 5.92. The van der Waals surface area contributed by atoms with Crippen molar-refractivity contribution in [3.8, 4) is 0 Å². The molecule has 1 N–H and O–H groups in total. The summed E-state index contributed by atoms with van der Waals surface area (Å²) < 4.78 is 26.6. The highest BCUT2D eigenvalue weighted by atomic mass is 19.1. The Kier molecular flexibility index (Phi) is 4.67. The van der Waals surface area contributed by atoms with Crippen LogP contribution in [0.2, 0.25) is 0 Å². The molecule has 1 fully saturated rings. The second-order valence-electron chi connectivity index (χ2n) is 5.79. The van der Waals surface area contributed by atoms with Crippen molar-refractivity contribution in [3.05, 3.63) is 65.7 Å². The van der Waals surface area contributed by atoms with Gasteiger partial charge in [0.05, 0.1) is 12.2 Å². The van der Waals surface area contributed by atoms with Gasteiger partial charge in [0.15, 0.2) is 0 Å². The number of benzene rings is 2. The molecule has 0 atom stereocenters. The lowest BCUT2D eigenvalue weighted by molar-refractivity contribution is -0.117. The minimum atomic E-state index is -0.447. The molecule has 0 saturated heterocycles. The van der Waals surface area contributed by atoms with Crippen LogP contribution in [0.3, 0.4) is 0 Å². The third-order valence-corrected chi connectivity index (χ3v) is 3.86. The van der Waals surface area contributed by atoms with E-state index in [0.717, 1.165) is 18.4 Å². The van der Waals surface area contributed by atoms with E-state index in [1.807, 2.05) is 4.90 Å². The van der Waals surface area contributed by atoms with Crippen molar-refractivity contribution in [1.29, 1.82) is 0 Å². The molecule has 3 rings (SSSR count). The maximum atomic E-state index is 13.6. The number of carbonyl (C=O) groups excluding carboxylic acids is 1. The SMILES string of the molecule is O=C(CN(Cc1ccc(F)cc1)C1CC1)Nc1ccccc1F. The van der Waals surface area contributed by atoms with E-state index in [1.54, 1.807) is 24.3 Å². The van der Waals surface area contributed by atoms with E-state index in [4.69, 9.17) is 0 Å². The van der Waals surface area contributed by atoms with Gasteiger partial charge in [0, 0.05) is 12.6 Å². The number of rotatable bonds is 6. The monoisotopic (exact) mass is 316 g/mol. The van der Waals surface area contributed by atoms with Gasteiger partial charge >= 0.3 is 0 Å². The molecule has 1 amide bonds. The molecular weight excluding hydrogens is 298 g/mol. The van der Waals surface area contributed by atoms with Gasteiger partial charge in [-0.05, 0) is 42.7 Å². The van der Waals surface area contributed by atoms with Gasteiger partial charge in [-0.3, -0.25) is 9.69 Å². The molecule has 0 aromatic heterocycles. The summed E-state index contributed by atoms with van der Waals surface area (Å²) in [4.78, 5) is 14.2. The molecule has 0 unspecified atom stereocenters. The van der Waals surface area contributed by atoms with Gasteiger partial charge in [-0.25, -0.2) is 8.78 Å². The minimum absolute atomic E-state index is 0.190. The largest absolute Gasteiger partial charge is 0.322 e. The van der Waals surface area contributed by atoms with E-state index in [9.17, 15) is 13.6 Å². The molecule has 2 aromatic carbocycles. The minimum Gasteiger partial charge on any atom is -0.322 e. The molecule has 0 aliphatic heterocycles. The average molecular weight is 316 g/mol. The van der Waals surface area contributed by atoms with E-state index in [2.05, 4.69) is 5.32 Å². The van der Waals surface area contributed by atoms with Crippen molar-refractivity contribution < 1.29 is 13.6 Å². The quantitative estimate of drug-likeness (QED) is 0.883. The standard InChI is InChI=1S/C18H18F2N2O/c19-14-7-5-13(6-8-14)11-22(15-9-10-15)12-18(23)21-17-4-2-1-3-16(17)20/h1-8,15H,9-12H2,(H,21,23). The van der Waals surface area contributed by atoms with Gasteiger partial charge in [-0.15, -0.1) is 0 Å². The van der Waals surface area contributed by atoms with Crippen LogP contribution >= 0.6 is 0 Å². The molecule has 0 bridgehead atoms. The second kappa shape index (κ2) is 6.87. The number of hydrogen-bond acceptors (Lipinski definition) is 2. The zero-order chi connectivity index (χ0) is 16.2. The first-order chi connectivity index (χ1) is 11.1. The molecule has 0 heterocycles. The Hall–Kier alpha value is -2.27. The smallest absolute Gasteiger partial charge is 0.238 e. The van der Waals surface area contributed by atoms with Crippen LogP contribution in [0.15, 0.2) is 48.5 Å². The summed E-state index contributed by atoms with van der Waals surface area (Å²) >= 11 is 0. The Morgan fingerprint density at radius 3 is 2.43 bits per heavy atom. The molecular formula is C18H18F2N2O. The zero-order valence-corrected chi connectivity index (χ0v) is 12.6. The van der Waals surface area contributed by atoms with Crippen LogP contribution in [0.4, 0.5) is 14.5 Å². The summed E-state index contributed by atoms with van der Waals surface area (Å²) in [5.74, 6) is -0.967. The van der Waals surface area contributed by atoms with Crippen molar-refractivity contribution >= 4 is 11.6 Å². The second-order valence-corrected chi connectivity index (χ2v) is 5.79. The first kappa shape index (κ1) is 15.6. The molecule has 1 saturated carbocycles. The molecule has 2 aromatic rings. The van der Waals surface area contributed by atoms with Gasteiger partial charge in [0.1, 0.15) is 11.6 Å². The molecule has 5 heteroatoms. The van der Waals surface area contributed by atoms with E-state index >= 15 is 0 Å². The summed E-state index contributed by atoms with van der Waals surface area (Å²) in [6, 6.07) is 12.7. The summed E-state index contributed by atoms with van der Waals surface area (Å²) in [6.45, 7) is 0.770. The van der Waals surface area contributed by atoms with Crippen LogP contribution in [0.1, 0.15) is 18.4 Å². The molecule has 0 radical (unpaired) electrons. The summed E-state index contributed by atoms with van der Waals surface area (Å²) in [7, 11) is 0. The molecule has 1 aliphatic carbocycles. The maximum Gasteiger partial charge on any atom is 0.238 e. The Morgan fingerprint density at radius 1 is 1.09 bits per heavy atom. The van der Waals surface area contributed by atoms with Gasteiger partial charge in [-0.1, -0.05) is 24.3 Å². The van der Waals surface area contributed by atoms with Crippen LogP contribution < -0.4 is 5.32 Å². The zero-order valence-electron chi connectivity index (χ0n) is 12.6. The van der Waals surface area contributed by atoms with Crippen LogP contribution in [0.5, 0.6) is 0 Å². The van der Waals surface area contributed by atoms with Gasteiger partial charge < -0.3 is 5.32 Å². The number of nitrogens with zero attached hydrogens (tertiary/aromatic N) is 1. The maximum absolute atomic E-state index is 13.6. The van der Waals surface area contributed by atoms with Crippen LogP contribution in [0, 0.1) is 11.6 Å². The number of para-hydroxylation sites is 1. The summed E-state index contributed by atoms with van der Waals surface area (Å²) in [6.07, 6.45) is 2.10. The fourth-order valence-electron chi connectivity index (χ4n) is 2.51. The highest BCUT2D eigenvalue weighted by Gasteiger charge is 2.30. The molecule has 3 nitrogen and oxygen atoms in total. The third kappa shape index (κ3) is 4.36. The van der Waals surface area contributed by atoms with Crippen LogP contribution in [-0.2, 0) is 11.3 Å². The number of amides is 1. The van der Waals surface area contributed by atoms with E-state index in [0.29, 0.717) is 12.6 Å². The number of hydrogen-bond donors (Lipinski definition) is 1. The third-order valence-electron chi connectivity index (χ3n) is 3.86. The lowest BCUT2D eigenvalue weighted by atomic mass is 10.2. The predicted octanol–water partition coefficient (Wildman–Crippen LogP) is 3.57. The Bertz CT molecular complexity index is 684. The first-order valence-electron chi connectivity index (χ1n) is 7.65. The van der Waals surface area contributed by atoms with Crippen LogP contribution in [-0.4, -0.2) is 23.4 Å². The van der Waals surface area contributed by atoms with Crippen molar-refractivity contribution in [2.75, 3.05) is 11.9 Å². The lowest BCUT2D eigenvalue weighted by Crippen LogP contribution is -2.34. The van der Waals surface area contributed by atoms with Gasteiger partial charge in [0.2, 0.25) is 5.91 Å². The molecule has 1 aliphatic rings. The number of carbonyl (C=O) groups is 1. The van der Waals surface area contributed by atoms with Crippen molar-refractivity contribution in [3.63, 3.8) is 0 Å². The highest BCUT2D eigenvalue weighted by Crippen LogP contribution is 2.28. The Balaban J connectivity index is 1.62. The van der Waals surface area contributed by atoms with Gasteiger partial charge in [0.25, 0.3) is 0 Å². The normalized spacial score (nSPS) is 14.0. The lowest BCUT2D eigenvalue weighted by Gasteiger charge is -2.21. The molecule has 120 valence electrons. The fourth-order valence-corrected chi connectivity index (χ4v) is 2.51. The van der Waals surface area contributed by atoms with Crippen molar-refractivity contribution in [2.45, 2.75) is 25.4 Å².